The summed E-state index contributed by atoms with van der Waals surface area (Å²) >= 11 is 0. The number of esters is 1. The predicted octanol–water partition coefficient (Wildman–Crippen LogP) is 0.714. The zero-order chi connectivity index (χ0) is 9.84. The molecule has 0 aromatic heterocycles. The zero-order valence-electron chi connectivity index (χ0n) is 7.37. The van der Waals surface area contributed by atoms with E-state index in [2.05, 4.69) is 4.74 Å². The standard InChI is InChI=1S/C9H11NO3/c1-13-9(12)5-2-6-7(10)3-4-8(6)11/h2,5-6,10H,3-4H2,1H3. The largest absolute Gasteiger partial charge is 0.466 e. The van der Waals surface area contributed by atoms with Gasteiger partial charge in [-0.15, -0.1) is 0 Å². The maximum absolute atomic E-state index is 11.1. The van der Waals surface area contributed by atoms with E-state index in [1.165, 1.54) is 19.3 Å². The molecule has 70 valence electrons. The van der Waals surface area contributed by atoms with Gasteiger partial charge < -0.3 is 10.1 Å². The van der Waals surface area contributed by atoms with Gasteiger partial charge in [0.05, 0.1) is 13.0 Å². The first-order chi connectivity index (χ1) is 6.15. The molecule has 1 fully saturated rings. The van der Waals surface area contributed by atoms with Crippen molar-refractivity contribution in [2.45, 2.75) is 12.8 Å². The Morgan fingerprint density at radius 3 is 2.77 bits per heavy atom. The molecule has 0 amide bonds. The molecule has 1 atom stereocenters. The summed E-state index contributed by atoms with van der Waals surface area (Å²) < 4.78 is 4.37. The van der Waals surface area contributed by atoms with Gasteiger partial charge in [-0.25, -0.2) is 4.79 Å². The number of hydrogen-bond donors (Lipinski definition) is 1. The maximum atomic E-state index is 11.1. The van der Waals surface area contributed by atoms with Crippen molar-refractivity contribution < 1.29 is 14.3 Å². The first-order valence-electron chi connectivity index (χ1n) is 4.01. The lowest BCUT2D eigenvalue weighted by atomic mass is 10.1. The third-order valence-corrected chi connectivity index (χ3v) is 1.99. The summed E-state index contributed by atoms with van der Waals surface area (Å²) in [5.74, 6) is -0.989. The molecular formula is C9H11NO3. The number of Topliss-reactive ketones (excluding diaryl/α,β-unsaturated/α-hetero) is 1. The molecule has 0 aliphatic heterocycles. The van der Waals surface area contributed by atoms with Crippen LogP contribution in [-0.4, -0.2) is 24.6 Å². The number of nitrogens with one attached hydrogen (secondary N) is 1. The smallest absolute Gasteiger partial charge is 0.330 e. The molecule has 0 aromatic carbocycles. The minimum absolute atomic E-state index is 0.00477. The van der Waals surface area contributed by atoms with Crippen LogP contribution < -0.4 is 0 Å². The van der Waals surface area contributed by atoms with Crippen LogP contribution in [0.3, 0.4) is 0 Å². The van der Waals surface area contributed by atoms with E-state index >= 15 is 0 Å². The Morgan fingerprint density at radius 1 is 1.62 bits per heavy atom. The minimum atomic E-state index is -0.501. The Kier molecular flexibility index (Phi) is 2.95. The monoisotopic (exact) mass is 181 g/mol. The van der Waals surface area contributed by atoms with Gasteiger partial charge in [0.15, 0.2) is 0 Å². The van der Waals surface area contributed by atoms with Crippen LogP contribution in [0.2, 0.25) is 0 Å². The minimum Gasteiger partial charge on any atom is -0.466 e. The second-order valence-corrected chi connectivity index (χ2v) is 2.85. The van der Waals surface area contributed by atoms with Crippen LogP contribution in [0.5, 0.6) is 0 Å². The molecule has 13 heavy (non-hydrogen) atoms. The molecular weight excluding hydrogens is 170 g/mol. The summed E-state index contributed by atoms with van der Waals surface area (Å²) in [6, 6.07) is 0. The highest BCUT2D eigenvalue weighted by atomic mass is 16.5. The highest BCUT2D eigenvalue weighted by Crippen LogP contribution is 2.18. The Morgan fingerprint density at radius 2 is 2.31 bits per heavy atom. The van der Waals surface area contributed by atoms with Gasteiger partial charge >= 0.3 is 5.97 Å². The second-order valence-electron chi connectivity index (χ2n) is 2.85. The van der Waals surface area contributed by atoms with Crippen molar-refractivity contribution in [2.75, 3.05) is 7.11 Å². The quantitative estimate of drug-likeness (QED) is 0.504. The molecule has 0 heterocycles. The lowest BCUT2D eigenvalue weighted by molar-refractivity contribution is -0.134. The summed E-state index contributed by atoms with van der Waals surface area (Å²) in [7, 11) is 1.27. The first-order valence-corrected chi connectivity index (χ1v) is 4.01. The SMILES string of the molecule is COC(=O)C=CC1C(=N)CCC1=O. The fourth-order valence-corrected chi connectivity index (χ4v) is 1.23. The average molecular weight is 181 g/mol. The number of hydrogen-bond acceptors (Lipinski definition) is 4. The van der Waals surface area contributed by atoms with Gasteiger partial charge in [0.1, 0.15) is 5.78 Å². The molecule has 1 rings (SSSR count). The highest BCUT2D eigenvalue weighted by Gasteiger charge is 2.27. The molecule has 0 saturated heterocycles. The molecule has 1 aliphatic carbocycles. The van der Waals surface area contributed by atoms with Gasteiger partial charge in [-0.2, -0.15) is 0 Å². The van der Waals surface area contributed by atoms with Gasteiger partial charge in [0.25, 0.3) is 0 Å². The number of carbonyl (C=O) groups is 2. The lowest BCUT2D eigenvalue weighted by Crippen LogP contribution is -2.11. The first kappa shape index (κ1) is 9.64. The van der Waals surface area contributed by atoms with E-state index in [1.54, 1.807) is 0 Å². The summed E-state index contributed by atoms with van der Waals surface area (Å²) in [6.07, 6.45) is 3.55. The van der Waals surface area contributed by atoms with Crippen LogP contribution >= 0.6 is 0 Å². The molecule has 4 nitrogen and oxygen atoms in total. The molecule has 0 spiro atoms. The van der Waals surface area contributed by atoms with Crippen LogP contribution in [0.15, 0.2) is 12.2 Å². The second kappa shape index (κ2) is 3.98. The Hall–Kier alpha value is -1.45. The van der Waals surface area contributed by atoms with Gasteiger partial charge in [-0.1, -0.05) is 6.08 Å². The van der Waals surface area contributed by atoms with Crippen molar-refractivity contribution in [1.82, 2.24) is 0 Å². The van der Waals surface area contributed by atoms with Crippen molar-refractivity contribution in [3.05, 3.63) is 12.2 Å². The van der Waals surface area contributed by atoms with Crippen LogP contribution in [0.1, 0.15) is 12.8 Å². The normalized spacial score (nSPS) is 22.7. The highest BCUT2D eigenvalue weighted by molar-refractivity contribution is 6.11. The van der Waals surface area contributed by atoms with Gasteiger partial charge in [-0.3, -0.25) is 4.79 Å². The number of methoxy groups -OCH3 is 1. The molecule has 4 heteroatoms. The third kappa shape index (κ3) is 2.24. The van der Waals surface area contributed by atoms with Crippen molar-refractivity contribution in [1.29, 1.82) is 5.41 Å². The number of allylic oxidation sites excluding steroid dienone is 1. The van der Waals surface area contributed by atoms with Crippen molar-refractivity contribution >= 4 is 17.5 Å². The van der Waals surface area contributed by atoms with Crippen LogP contribution in [0, 0.1) is 11.3 Å². The molecule has 1 unspecified atom stereocenters. The lowest BCUT2D eigenvalue weighted by Gasteiger charge is -1.99. The Balaban J connectivity index is 2.62. The molecule has 1 aliphatic rings. The van der Waals surface area contributed by atoms with Gasteiger partial charge in [0, 0.05) is 18.2 Å². The van der Waals surface area contributed by atoms with E-state index in [4.69, 9.17) is 5.41 Å². The molecule has 1 N–H and O–H groups in total. The van der Waals surface area contributed by atoms with Crippen LogP contribution in [0.4, 0.5) is 0 Å². The topological polar surface area (TPSA) is 67.2 Å². The van der Waals surface area contributed by atoms with E-state index in [1.807, 2.05) is 0 Å². The number of ketones is 1. The van der Waals surface area contributed by atoms with Gasteiger partial charge in [-0.05, 0) is 6.42 Å². The number of carbonyl (C=O) groups excluding carboxylic acids is 2. The van der Waals surface area contributed by atoms with Gasteiger partial charge in [0.2, 0.25) is 0 Å². The van der Waals surface area contributed by atoms with Crippen molar-refractivity contribution in [3.63, 3.8) is 0 Å². The maximum Gasteiger partial charge on any atom is 0.330 e. The summed E-state index contributed by atoms with van der Waals surface area (Å²) in [6.45, 7) is 0. The van der Waals surface area contributed by atoms with E-state index in [0.29, 0.717) is 18.6 Å². The summed E-state index contributed by atoms with van der Waals surface area (Å²) in [5, 5.41) is 7.41. The van der Waals surface area contributed by atoms with Crippen LogP contribution in [0.25, 0.3) is 0 Å². The van der Waals surface area contributed by atoms with Crippen molar-refractivity contribution in [3.8, 4) is 0 Å². The van der Waals surface area contributed by atoms with E-state index < -0.39 is 11.9 Å². The molecule has 0 radical (unpaired) electrons. The van der Waals surface area contributed by atoms with Crippen molar-refractivity contribution in [2.24, 2.45) is 5.92 Å². The Labute approximate surface area is 76.1 Å². The molecule has 1 saturated carbocycles. The summed E-state index contributed by atoms with van der Waals surface area (Å²) in [4.78, 5) is 21.8. The van der Waals surface area contributed by atoms with E-state index in [0.717, 1.165) is 0 Å². The molecule has 0 bridgehead atoms. The fourth-order valence-electron chi connectivity index (χ4n) is 1.23. The summed E-state index contributed by atoms with van der Waals surface area (Å²) in [5.41, 5.74) is 0.380. The average Bonchev–Trinajstić information content (AvgIpc) is 2.43. The third-order valence-electron chi connectivity index (χ3n) is 1.99. The fraction of sp³-hybridized carbons (Fsp3) is 0.444. The van der Waals surface area contributed by atoms with Crippen LogP contribution in [-0.2, 0) is 14.3 Å². The van der Waals surface area contributed by atoms with E-state index in [-0.39, 0.29) is 5.78 Å². The Bertz CT molecular complexity index is 265. The molecule has 0 aromatic rings. The number of ether oxygens (including phenoxy) is 1. The predicted molar refractivity (Wildman–Crippen MR) is 46.6 cm³/mol. The van der Waals surface area contributed by atoms with E-state index in [9.17, 15) is 9.59 Å². The number of rotatable bonds is 2. The zero-order valence-corrected chi connectivity index (χ0v) is 7.37.